The van der Waals surface area contributed by atoms with Gasteiger partial charge in [0.2, 0.25) is 16.8 Å². The van der Waals surface area contributed by atoms with Gasteiger partial charge in [-0.3, -0.25) is 0 Å². The van der Waals surface area contributed by atoms with Gasteiger partial charge < -0.3 is 19.8 Å². The van der Waals surface area contributed by atoms with E-state index in [1.165, 1.54) is 18.1 Å². The van der Waals surface area contributed by atoms with Crippen LogP contribution in [0.5, 0.6) is 11.5 Å². The average Bonchev–Trinajstić information content (AvgIpc) is 3.29. The van der Waals surface area contributed by atoms with Gasteiger partial charge in [-0.1, -0.05) is 25.6 Å². The molecule has 3 heterocycles. The summed E-state index contributed by atoms with van der Waals surface area (Å²) in [6, 6.07) is 3.87. The Morgan fingerprint density at radius 2 is 2.00 bits per heavy atom. The Morgan fingerprint density at radius 1 is 1.25 bits per heavy atom. The lowest BCUT2D eigenvalue weighted by atomic mass is 10.2. The van der Waals surface area contributed by atoms with E-state index in [-0.39, 0.29) is 18.5 Å². The molecule has 4 rings (SSSR count). The molecule has 12 heteroatoms. The molecule has 32 heavy (non-hydrogen) atoms. The van der Waals surface area contributed by atoms with Gasteiger partial charge in [0, 0.05) is 18.0 Å². The fourth-order valence-corrected chi connectivity index (χ4v) is 5.87. The van der Waals surface area contributed by atoms with Crippen LogP contribution in [0.4, 0.5) is 5.82 Å². The minimum Gasteiger partial charge on any atom is -0.454 e. The van der Waals surface area contributed by atoms with Gasteiger partial charge >= 0.3 is 0 Å². The number of rotatable bonds is 9. The number of imidazole rings is 1. The van der Waals surface area contributed by atoms with E-state index >= 15 is 0 Å². The van der Waals surface area contributed by atoms with Gasteiger partial charge in [0.05, 0.1) is 5.75 Å². The van der Waals surface area contributed by atoms with E-state index in [9.17, 15) is 8.42 Å². The summed E-state index contributed by atoms with van der Waals surface area (Å²) in [6.07, 6.45) is 1.97. The van der Waals surface area contributed by atoms with E-state index in [0.717, 1.165) is 16.2 Å². The van der Waals surface area contributed by atoms with Crippen molar-refractivity contribution in [1.82, 2.24) is 24.2 Å². The fraction of sp³-hybridized carbons (Fsp3) is 0.450. The second-order valence-electron chi connectivity index (χ2n) is 7.97. The molecule has 1 aliphatic rings. The zero-order chi connectivity index (χ0) is 22.9. The minimum absolute atomic E-state index is 0.0673. The topological polar surface area (TPSA) is 134 Å². The van der Waals surface area contributed by atoms with Gasteiger partial charge in [0.15, 0.2) is 33.6 Å². The molecular weight excluding hydrogens is 452 g/mol. The molecule has 0 aliphatic carbocycles. The molecule has 0 fully saturated rings. The number of benzene rings is 1. The summed E-state index contributed by atoms with van der Waals surface area (Å²) >= 11 is 1.47. The van der Waals surface area contributed by atoms with Crippen molar-refractivity contribution in [2.45, 2.75) is 43.8 Å². The molecule has 0 bridgehead atoms. The van der Waals surface area contributed by atoms with Crippen molar-refractivity contribution in [2.75, 3.05) is 24.8 Å². The Balaban J connectivity index is 1.57. The first-order valence-electron chi connectivity index (χ1n) is 10.3. The number of nitrogens with one attached hydrogen (secondary N) is 1. The number of nitrogens with zero attached hydrogens (tertiary/aromatic N) is 4. The standard InChI is InChI=1S/C20H26N6O4S2/c1-12(2)9-32(27,28)24-5-4-6-26-19-17(18(21)22-10-23-19)25-20(26)31-16-8-15-14(7-13(16)3)29-11-30-15/h7-8,10,12,24H,4-6,9,11H2,1-3H3,(H2,21,22,23). The van der Waals surface area contributed by atoms with E-state index in [0.29, 0.717) is 47.4 Å². The number of aromatic nitrogens is 4. The van der Waals surface area contributed by atoms with Crippen LogP contribution in [0.15, 0.2) is 28.5 Å². The number of ether oxygens (including phenoxy) is 2. The highest BCUT2D eigenvalue weighted by molar-refractivity contribution is 7.99. The second kappa shape index (κ2) is 9.12. The van der Waals surface area contributed by atoms with Crippen LogP contribution in [0.25, 0.3) is 11.2 Å². The highest BCUT2D eigenvalue weighted by atomic mass is 32.2. The van der Waals surface area contributed by atoms with Crippen molar-refractivity contribution in [1.29, 1.82) is 0 Å². The van der Waals surface area contributed by atoms with Crippen LogP contribution in [0.1, 0.15) is 25.8 Å². The van der Waals surface area contributed by atoms with E-state index in [4.69, 9.17) is 15.2 Å². The van der Waals surface area contributed by atoms with Crippen molar-refractivity contribution < 1.29 is 17.9 Å². The zero-order valence-corrected chi connectivity index (χ0v) is 19.8. The fourth-order valence-electron chi connectivity index (χ4n) is 3.41. The monoisotopic (exact) mass is 478 g/mol. The molecular formula is C20H26N6O4S2. The van der Waals surface area contributed by atoms with Gasteiger partial charge in [0.1, 0.15) is 6.33 Å². The van der Waals surface area contributed by atoms with Crippen LogP contribution in [-0.4, -0.2) is 47.0 Å². The van der Waals surface area contributed by atoms with Crippen LogP contribution in [0.3, 0.4) is 0 Å². The van der Waals surface area contributed by atoms with E-state index in [1.54, 1.807) is 0 Å². The first-order chi connectivity index (χ1) is 15.2. The molecule has 1 aliphatic heterocycles. The van der Waals surface area contributed by atoms with Crippen molar-refractivity contribution in [3.8, 4) is 11.5 Å². The lowest BCUT2D eigenvalue weighted by Gasteiger charge is -2.11. The van der Waals surface area contributed by atoms with E-state index < -0.39 is 10.0 Å². The zero-order valence-electron chi connectivity index (χ0n) is 18.2. The third-order valence-corrected chi connectivity index (χ3v) is 7.73. The number of fused-ring (bicyclic) bond motifs is 2. The predicted octanol–water partition coefficient (Wildman–Crippen LogP) is 2.56. The van der Waals surface area contributed by atoms with E-state index in [1.807, 2.05) is 37.5 Å². The van der Waals surface area contributed by atoms with Crippen molar-refractivity contribution in [2.24, 2.45) is 5.92 Å². The maximum Gasteiger partial charge on any atom is 0.231 e. The molecule has 10 nitrogen and oxygen atoms in total. The highest BCUT2D eigenvalue weighted by Crippen LogP contribution is 2.40. The van der Waals surface area contributed by atoms with Crippen molar-refractivity contribution in [3.63, 3.8) is 0 Å². The van der Waals surface area contributed by atoms with Gasteiger partial charge in [-0.2, -0.15) is 0 Å². The van der Waals surface area contributed by atoms with Crippen LogP contribution in [-0.2, 0) is 16.6 Å². The summed E-state index contributed by atoms with van der Waals surface area (Å²) in [5.74, 6) is 1.90. The predicted molar refractivity (Wildman–Crippen MR) is 122 cm³/mol. The van der Waals surface area contributed by atoms with Gasteiger partial charge in [-0.15, -0.1) is 0 Å². The molecule has 2 aromatic heterocycles. The molecule has 0 saturated heterocycles. The average molecular weight is 479 g/mol. The lowest BCUT2D eigenvalue weighted by molar-refractivity contribution is 0.174. The van der Waals surface area contributed by atoms with Crippen LogP contribution in [0, 0.1) is 12.8 Å². The molecule has 1 aromatic carbocycles. The summed E-state index contributed by atoms with van der Waals surface area (Å²) in [5.41, 5.74) is 8.19. The SMILES string of the molecule is Cc1cc2c(cc1Sc1nc3c(N)ncnc3n1CCCNS(=O)(=O)CC(C)C)OCO2. The Kier molecular flexibility index (Phi) is 6.45. The lowest BCUT2D eigenvalue weighted by Crippen LogP contribution is -2.29. The van der Waals surface area contributed by atoms with Crippen LogP contribution in [0.2, 0.25) is 0 Å². The molecule has 0 spiro atoms. The highest BCUT2D eigenvalue weighted by Gasteiger charge is 2.20. The summed E-state index contributed by atoms with van der Waals surface area (Å²) in [7, 11) is -3.29. The number of anilines is 1. The maximum absolute atomic E-state index is 12.1. The molecule has 0 radical (unpaired) electrons. The number of sulfonamides is 1. The first kappa shape index (κ1) is 22.6. The summed E-state index contributed by atoms with van der Waals surface area (Å²) < 4.78 is 39.8. The third-order valence-electron chi connectivity index (χ3n) is 4.83. The quantitative estimate of drug-likeness (QED) is 0.445. The van der Waals surface area contributed by atoms with Gasteiger partial charge in [-0.05, 0) is 37.0 Å². The van der Waals surface area contributed by atoms with Gasteiger partial charge in [-0.25, -0.2) is 28.1 Å². The van der Waals surface area contributed by atoms with Crippen LogP contribution < -0.4 is 19.9 Å². The molecule has 172 valence electrons. The molecule has 0 atom stereocenters. The largest absolute Gasteiger partial charge is 0.454 e. The van der Waals surface area contributed by atoms with Crippen LogP contribution >= 0.6 is 11.8 Å². The molecule has 0 amide bonds. The third kappa shape index (κ3) is 4.92. The minimum atomic E-state index is -3.29. The number of nitrogens with two attached hydrogens (primary N) is 1. The first-order valence-corrected chi connectivity index (χ1v) is 12.7. The molecule has 3 aromatic rings. The molecule has 3 N–H and O–H groups in total. The smallest absolute Gasteiger partial charge is 0.231 e. The second-order valence-corrected chi connectivity index (χ2v) is 10.8. The molecule has 0 unspecified atom stereocenters. The van der Waals surface area contributed by atoms with E-state index in [2.05, 4.69) is 19.7 Å². The Labute approximate surface area is 191 Å². The van der Waals surface area contributed by atoms with Crippen molar-refractivity contribution >= 4 is 38.8 Å². The number of hydrogen-bond donors (Lipinski definition) is 2. The Morgan fingerprint density at radius 3 is 2.75 bits per heavy atom. The van der Waals surface area contributed by atoms with Gasteiger partial charge in [0.25, 0.3) is 0 Å². The Hall–Kier alpha value is -2.57. The molecule has 0 saturated carbocycles. The number of hydrogen-bond acceptors (Lipinski definition) is 9. The van der Waals surface area contributed by atoms with Crippen molar-refractivity contribution in [3.05, 3.63) is 24.0 Å². The summed E-state index contributed by atoms with van der Waals surface area (Å²) in [5, 5.41) is 0.694. The normalized spacial score (nSPS) is 13.4. The summed E-state index contributed by atoms with van der Waals surface area (Å²) in [6.45, 7) is 6.80. The Bertz CT molecular complexity index is 1240. The maximum atomic E-state index is 12.1. The summed E-state index contributed by atoms with van der Waals surface area (Å²) in [4.78, 5) is 14.0. The number of aryl methyl sites for hydroxylation is 2. The number of nitrogen functional groups attached to an aromatic ring is 1.